The molecule has 12 heavy (non-hydrogen) atoms. The molecule has 2 atom stereocenters. The first-order valence-corrected chi connectivity index (χ1v) is 5.00. The molecule has 70 valence electrons. The van der Waals surface area contributed by atoms with E-state index in [9.17, 15) is 4.79 Å². The maximum absolute atomic E-state index is 11.5. The Bertz CT molecular complexity index is 177. The van der Waals surface area contributed by atoms with Crippen LogP contribution in [0.3, 0.4) is 0 Å². The maximum atomic E-state index is 11.5. The summed E-state index contributed by atoms with van der Waals surface area (Å²) in [6, 6.07) is 0.395. The highest BCUT2D eigenvalue weighted by Crippen LogP contribution is 2.34. The van der Waals surface area contributed by atoms with Crippen molar-refractivity contribution in [1.29, 1.82) is 0 Å². The smallest absolute Gasteiger partial charge is 0.235 e. The molecule has 0 spiro atoms. The average Bonchev–Trinajstić information content (AvgIpc) is 2.82. The summed E-state index contributed by atoms with van der Waals surface area (Å²) < 4.78 is 0. The van der Waals surface area contributed by atoms with Gasteiger partial charge in [0, 0.05) is 13.1 Å². The van der Waals surface area contributed by atoms with Crippen molar-refractivity contribution >= 4 is 18.5 Å². The van der Waals surface area contributed by atoms with E-state index in [1.807, 2.05) is 18.9 Å². The van der Waals surface area contributed by atoms with E-state index in [0.717, 1.165) is 5.92 Å². The second-order valence-corrected chi connectivity index (χ2v) is 4.48. The first kappa shape index (κ1) is 9.90. The van der Waals surface area contributed by atoms with Crippen LogP contribution in [0, 0.1) is 5.92 Å². The first-order chi connectivity index (χ1) is 5.54. The summed E-state index contributed by atoms with van der Waals surface area (Å²) in [5.41, 5.74) is 0. The second kappa shape index (κ2) is 3.69. The Morgan fingerprint density at radius 1 is 1.50 bits per heavy atom. The fraction of sp³-hybridized carbons (Fsp3) is 0.889. The predicted molar refractivity (Wildman–Crippen MR) is 53.4 cm³/mol. The molecule has 1 rings (SSSR count). The summed E-state index contributed by atoms with van der Waals surface area (Å²) >= 11 is 4.12. The SMILES string of the molecule is CC(S)C(=O)N(C)C(C)C1CC1. The van der Waals surface area contributed by atoms with E-state index in [1.54, 1.807) is 0 Å². The highest BCUT2D eigenvalue weighted by molar-refractivity contribution is 7.81. The Morgan fingerprint density at radius 3 is 2.33 bits per heavy atom. The van der Waals surface area contributed by atoms with Gasteiger partial charge < -0.3 is 4.90 Å². The molecule has 1 aliphatic carbocycles. The third-order valence-electron chi connectivity index (χ3n) is 2.62. The highest BCUT2D eigenvalue weighted by Gasteiger charge is 2.32. The Kier molecular flexibility index (Phi) is 3.04. The summed E-state index contributed by atoms with van der Waals surface area (Å²) in [6.07, 6.45) is 2.56. The van der Waals surface area contributed by atoms with E-state index in [2.05, 4.69) is 19.6 Å². The van der Waals surface area contributed by atoms with Gasteiger partial charge >= 0.3 is 0 Å². The summed E-state index contributed by atoms with van der Waals surface area (Å²) in [5, 5.41) is -0.170. The van der Waals surface area contributed by atoms with Gasteiger partial charge in [0.2, 0.25) is 5.91 Å². The van der Waals surface area contributed by atoms with E-state index in [-0.39, 0.29) is 11.2 Å². The van der Waals surface area contributed by atoms with Gasteiger partial charge in [-0.05, 0) is 32.6 Å². The first-order valence-electron chi connectivity index (χ1n) is 4.48. The minimum Gasteiger partial charge on any atom is -0.342 e. The van der Waals surface area contributed by atoms with Gasteiger partial charge in [0.05, 0.1) is 5.25 Å². The lowest BCUT2D eigenvalue weighted by atomic mass is 10.2. The molecule has 3 heteroatoms. The van der Waals surface area contributed by atoms with E-state index in [4.69, 9.17) is 0 Å². The summed E-state index contributed by atoms with van der Waals surface area (Å²) in [4.78, 5) is 13.3. The molecule has 0 saturated heterocycles. The molecule has 0 bridgehead atoms. The van der Waals surface area contributed by atoms with E-state index in [1.165, 1.54) is 12.8 Å². The van der Waals surface area contributed by atoms with Gasteiger partial charge in [-0.25, -0.2) is 0 Å². The van der Waals surface area contributed by atoms with Crippen molar-refractivity contribution in [3.8, 4) is 0 Å². The van der Waals surface area contributed by atoms with E-state index in [0.29, 0.717) is 6.04 Å². The van der Waals surface area contributed by atoms with Crippen LogP contribution in [0.5, 0.6) is 0 Å². The fourth-order valence-corrected chi connectivity index (χ4v) is 1.57. The van der Waals surface area contributed by atoms with E-state index < -0.39 is 0 Å². The Balaban J connectivity index is 2.44. The van der Waals surface area contributed by atoms with Crippen molar-refractivity contribution in [2.75, 3.05) is 7.05 Å². The molecule has 0 aromatic carbocycles. The van der Waals surface area contributed by atoms with Crippen molar-refractivity contribution < 1.29 is 4.79 Å². The van der Waals surface area contributed by atoms with Crippen LogP contribution in [0.15, 0.2) is 0 Å². The molecule has 0 heterocycles. The Hall–Kier alpha value is -0.180. The number of hydrogen-bond acceptors (Lipinski definition) is 2. The molecular formula is C9H17NOS. The number of rotatable bonds is 3. The summed E-state index contributed by atoms with van der Waals surface area (Å²) in [6.45, 7) is 3.94. The molecular weight excluding hydrogens is 170 g/mol. The molecule has 2 unspecified atom stereocenters. The van der Waals surface area contributed by atoms with Crippen LogP contribution >= 0.6 is 12.6 Å². The molecule has 0 aliphatic heterocycles. The number of amides is 1. The Labute approximate surface area is 79.7 Å². The average molecular weight is 187 g/mol. The molecule has 1 aliphatic rings. The van der Waals surface area contributed by atoms with Gasteiger partial charge in [-0.2, -0.15) is 12.6 Å². The third kappa shape index (κ3) is 2.16. The van der Waals surface area contributed by atoms with Gasteiger partial charge in [0.15, 0.2) is 0 Å². The molecule has 0 radical (unpaired) electrons. The van der Waals surface area contributed by atoms with Gasteiger partial charge in [-0.1, -0.05) is 0 Å². The monoisotopic (exact) mass is 187 g/mol. The van der Waals surface area contributed by atoms with Crippen LogP contribution in [0.1, 0.15) is 26.7 Å². The standard InChI is InChI=1S/C9H17NOS/c1-6(8-4-5-8)10(3)9(11)7(2)12/h6-8,12H,4-5H2,1-3H3. The molecule has 0 aromatic heterocycles. The fourth-order valence-electron chi connectivity index (χ4n) is 1.39. The normalized spacial score (nSPS) is 21.7. The molecule has 0 aromatic rings. The number of thiol groups is 1. The largest absolute Gasteiger partial charge is 0.342 e. The van der Waals surface area contributed by atoms with Crippen molar-refractivity contribution in [2.24, 2.45) is 5.92 Å². The number of nitrogens with zero attached hydrogens (tertiary/aromatic N) is 1. The molecule has 1 amide bonds. The minimum absolute atomic E-state index is 0.137. The zero-order chi connectivity index (χ0) is 9.30. The quantitative estimate of drug-likeness (QED) is 0.665. The van der Waals surface area contributed by atoms with Crippen molar-refractivity contribution in [1.82, 2.24) is 4.90 Å². The number of hydrogen-bond donors (Lipinski definition) is 1. The van der Waals surface area contributed by atoms with Crippen LogP contribution in [-0.4, -0.2) is 29.1 Å². The van der Waals surface area contributed by atoms with Gasteiger partial charge in [-0.3, -0.25) is 4.79 Å². The van der Waals surface area contributed by atoms with Gasteiger partial charge in [-0.15, -0.1) is 0 Å². The van der Waals surface area contributed by atoms with Crippen LogP contribution in [0.4, 0.5) is 0 Å². The third-order valence-corrected chi connectivity index (χ3v) is 2.84. The highest BCUT2D eigenvalue weighted by atomic mass is 32.1. The molecule has 2 nitrogen and oxygen atoms in total. The molecule has 1 fully saturated rings. The van der Waals surface area contributed by atoms with Gasteiger partial charge in [0.25, 0.3) is 0 Å². The zero-order valence-corrected chi connectivity index (χ0v) is 8.84. The topological polar surface area (TPSA) is 20.3 Å². The molecule has 1 saturated carbocycles. The summed E-state index contributed by atoms with van der Waals surface area (Å²) in [5.74, 6) is 0.878. The number of carbonyl (C=O) groups excluding carboxylic acids is 1. The van der Waals surface area contributed by atoms with Crippen LogP contribution in [0.2, 0.25) is 0 Å². The van der Waals surface area contributed by atoms with E-state index >= 15 is 0 Å². The van der Waals surface area contributed by atoms with Gasteiger partial charge in [0.1, 0.15) is 0 Å². The predicted octanol–water partition coefficient (Wildman–Crippen LogP) is 1.56. The lowest BCUT2D eigenvalue weighted by Crippen LogP contribution is -2.40. The minimum atomic E-state index is -0.170. The van der Waals surface area contributed by atoms with Crippen LogP contribution in [0.25, 0.3) is 0 Å². The van der Waals surface area contributed by atoms with Crippen LogP contribution < -0.4 is 0 Å². The number of carbonyl (C=O) groups is 1. The second-order valence-electron chi connectivity index (χ2n) is 3.70. The lowest BCUT2D eigenvalue weighted by Gasteiger charge is -2.26. The van der Waals surface area contributed by atoms with Crippen molar-refractivity contribution in [2.45, 2.75) is 38.0 Å². The Morgan fingerprint density at radius 2 is 2.00 bits per heavy atom. The van der Waals surface area contributed by atoms with Crippen LogP contribution in [-0.2, 0) is 4.79 Å². The maximum Gasteiger partial charge on any atom is 0.235 e. The zero-order valence-electron chi connectivity index (χ0n) is 7.95. The lowest BCUT2D eigenvalue weighted by molar-refractivity contribution is -0.131. The van der Waals surface area contributed by atoms with Crippen molar-refractivity contribution in [3.05, 3.63) is 0 Å². The van der Waals surface area contributed by atoms with Crippen molar-refractivity contribution in [3.63, 3.8) is 0 Å². The molecule has 0 N–H and O–H groups in total. The summed E-state index contributed by atoms with van der Waals surface area (Å²) in [7, 11) is 1.87.